The van der Waals surface area contributed by atoms with Gasteiger partial charge < -0.3 is 5.73 Å². The van der Waals surface area contributed by atoms with Crippen LogP contribution >= 0.6 is 0 Å². The Morgan fingerprint density at radius 3 is 2.65 bits per heavy atom. The minimum Gasteiger partial charge on any atom is -0.398 e. The van der Waals surface area contributed by atoms with Crippen molar-refractivity contribution in [3.05, 3.63) is 30.6 Å². The summed E-state index contributed by atoms with van der Waals surface area (Å²) in [6.45, 7) is 4.99. The Labute approximate surface area is 119 Å². The maximum atomic E-state index is 11.9. The molecule has 0 aliphatic rings. The highest BCUT2D eigenvalue weighted by atomic mass is 32.2. The van der Waals surface area contributed by atoms with Gasteiger partial charge in [-0.1, -0.05) is 26.0 Å². The fraction of sp³-hybridized carbons (Fsp3) is 0.357. The van der Waals surface area contributed by atoms with Crippen molar-refractivity contribution >= 4 is 15.5 Å². The molecule has 0 radical (unpaired) electrons. The van der Waals surface area contributed by atoms with Gasteiger partial charge in [0, 0.05) is 30.1 Å². The summed E-state index contributed by atoms with van der Waals surface area (Å²) in [4.78, 5) is 0.170. The Balaban J connectivity index is 2.53. The van der Waals surface area contributed by atoms with Gasteiger partial charge in [-0.3, -0.25) is 4.68 Å². The number of hydrogen-bond donors (Lipinski definition) is 1. The van der Waals surface area contributed by atoms with Gasteiger partial charge in [-0.05, 0) is 12.0 Å². The van der Waals surface area contributed by atoms with Gasteiger partial charge in [0.25, 0.3) is 0 Å². The summed E-state index contributed by atoms with van der Waals surface area (Å²) < 4.78 is 25.7. The smallest absolute Gasteiger partial charge is 0.178 e. The third-order valence-electron chi connectivity index (χ3n) is 2.91. The summed E-state index contributed by atoms with van der Waals surface area (Å²) in [6, 6.07) is 5.10. The van der Waals surface area contributed by atoms with Crippen LogP contribution in [0.4, 0.5) is 5.69 Å². The summed E-state index contributed by atoms with van der Waals surface area (Å²) in [5, 5.41) is 4.27. The molecule has 20 heavy (non-hydrogen) atoms. The zero-order valence-electron chi connectivity index (χ0n) is 11.9. The zero-order valence-corrected chi connectivity index (χ0v) is 12.7. The van der Waals surface area contributed by atoms with Gasteiger partial charge in [0.1, 0.15) is 0 Å². The minimum absolute atomic E-state index is 0.170. The van der Waals surface area contributed by atoms with Gasteiger partial charge in [0.2, 0.25) is 0 Å². The average molecular weight is 293 g/mol. The molecular weight excluding hydrogens is 274 g/mol. The second-order valence-corrected chi connectivity index (χ2v) is 7.29. The Hall–Kier alpha value is -1.82. The first-order chi connectivity index (χ1) is 9.29. The maximum Gasteiger partial charge on any atom is 0.178 e. The SMILES string of the molecule is CC(C)Cn1cc(-c2cccc(N)c2S(C)(=O)=O)cn1. The molecule has 0 fully saturated rings. The van der Waals surface area contributed by atoms with Crippen LogP contribution in [0.2, 0.25) is 0 Å². The van der Waals surface area contributed by atoms with Crippen LogP contribution in [0, 0.1) is 5.92 Å². The van der Waals surface area contributed by atoms with Crippen LogP contribution in [-0.4, -0.2) is 24.5 Å². The van der Waals surface area contributed by atoms with E-state index in [4.69, 9.17) is 5.73 Å². The largest absolute Gasteiger partial charge is 0.398 e. The minimum atomic E-state index is -3.39. The first-order valence-corrected chi connectivity index (χ1v) is 8.29. The van der Waals surface area contributed by atoms with E-state index in [9.17, 15) is 8.42 Å². The van der Waals surface area contributed by atoms with E-state index in [1.807, 2.05) is 10.9 Å². The number of benzene rings is 1. The summed E-state index contributed by atoms with van der Waals surface area (Å²) >= 11 is 0. The number of nitrogen functional groups attached to an aromatic ring is 1. The predicted molar refractivity (Wildman–Crippen MR) is 80.0 cm³/mol. The second-order valence-electron chi connectivity index (χ2n) is 5.34. The molecular formula is C14H19N3O2S. The monoisotopic (exact) mass is 293 g/mol. The van der Waals surface area contributed by atoms with Gasteiger partial charge in [0.05, 0.1) is 16.8 Å². The highest BCUT2D eigenvalue weighted by molar-refractivity contribution is 7.91. The molecule has 6 heteroatoms. The summed E-state index contributed by atoms with van der Waals surface area (Å²) in [5.41, 5.74) is 7.45. The molecule has 1 aromatic carbocycles. The molecule has 0 unspecified atom stereocenters. The van der Waals surface area contributed by atoms with Gasteiger partial charge in [-0.2, -0.15) is 5.10 Å². The van der Waals surface area contributed by atoms with Crippen LogP contribution in [0.5, 0.6) is 0 Å². The molecule has 2 N–H and O–H groups in total. The van der Waals surface area contributed by atoms with E-state index in [0.717, 1.165) is 12.1 Å². The van der Waals surface area contributed by atoms with Crippen LogP contribution in [0.1, 0.15) is 13.8 Å². The van der Waals surface area contributed by atoms with Crippen molar-refractivity contribution in [2.24, 2.45) is 5.92 Å². The molecule has 108 valence electrons. The van der Waals surface area contributed by atoms with Crippen molar-refractivity contribution in [3.63, 3.8) is 0 Å². The quantitative estimate of drug-likeness (QED) is 0.876. The standard InChI is InChI=1S/C14H19N3O2S/c1-10(2)8-17-9-11(7-16-17)12-5-4-6-13(15)14(12)20(3,18)19/h4-7,9-10H,8,15H2,1-3H3. The number of nitrogens with two attached hydrogens (primary N) is 1. The first kappa shape index (κ1) is 14.6. The molecule has 0 atom stereocenters. The fourth-order valence-electron chi connectivity index (χ4n) is 2.17. The van der Waals surface area contributed by atoms with Crippen molar-refractivity contribution in [2.45, 2.75) is 25.3 Å². The molecule has 5 nitrogen and oxygen atoms in total. The van der Waals surface area contributed by atoms with Crippen molar-refractivity contribution in [1.82, 2.24) is 9.78 Å². The van der Waals surface area contributed by atoms with Crippen molar-refractivity contribution in [2.75, 3.05) is 12.0 Å². The van der Waals surface area contributed by atoms with Crippen molar-refractivity contribution in [1.29, 1.82) is 0 Å². The Kier molecular flexibility index (Phi) is 3.85. The predicted octanol–water partition coefficient (Wildman–Crippen LogP) is 2.19. The van der Waals surface area contributed by atoms with Crippen molar-refractivity contribution < 1.29 is 8.42 Å². The first-order valence-electron chi connectivity index (χ1n) is 6.40. The van der Waals surface area contributed by atoms with Crippen LogP contribution in [-0.2, 0) is 16.4 Å². The van der Waals surface area contributed by atoms with E-state index >= 15 is 0 Å². The second kappa shape index (κ2) is 5.28. The highest BCUT2D eigenvalue weighted by Crippen LogP contribution is 2.31. The van der Waals surface area contributed by atoms with E-state index in [1.165, 1.54) is 6.26 Å². The summed E-state index contributed by atoms with van der Waals surface area (Å²) in [5.74, 6) is 0.470. The van der Waals surface area contributed by atoms with Gasteiger partial charge in [-0.25, -0.2) is 8.42 Å². The van der Waals surface area contributed by atoms with E-state index in [1.54, 1.807) is 24.4 Å². The van der Waals surface area contributed by atoms with Crippen LogP contribution < -0.4 is 5.73 Å². The molecule has 1 aromatic heterocycles. The molecule has 0 saturated heterocycles. The third kappa shape index (κ3) is 3.01. The number of hydrogen-bond acceptors (Lipinski definition) is 4. The lowest BCUT2D eigenvalue weighted by atomic mass is 10.1. The lowest BCUT2D eigenvalue weighted by Crippen LogP contribution is -2.05. The van der Waals surface area contributed by atoms with Gasteiger partial charge in [-0.15, -0.1) is 0 Å². The molecule has 2 aromatic rings. The van der Waals surface area contributed by atoms with Crippen molar-refractivity contribution in [3.8, 4) is 11.1 Å². The average Bonchev–Trinajstić information content (AvgIpc) is 2.74. The fourth-order valence-corrected chi connectivity index (χ4v) is 3.25. The topological polar surface area (TPSA) is 78.0 Å². The normalized spacial score (nSPS) is 12.0. The number of nitrogens with zero attached hydrogens (tertiary/aromatic N) is 2. The Bertz CT molecular complexity index is 718. The van der Waals surface area contributed by atoms with Crippen LogP contribution in [0.25, 0.3) is 11.1 Å². The molecule has 0 aliphatic heterocycles. The van der Waals surface area contributed by atoms with Crippen LogP contribution in [0.15, 0.2) is 35.5 Å². The number of rotatable bonds is 4. The van der Waals surface area contributed by atoms with E-state index in [2.05, 4.69) is 18.9 Å². The molecule has 0 spiro atoms. The lowest BCUT2D eigenvalue weighted by Gasteiger charge is -2.09. The molecule has 0 bridgehead atoms. The lowest BCUT2D eigenvalue weighted by molar-refractivity contribution is 0.483. The summed E-state index contributed by atoms with van der Waals surface area (Å²) in [6.07, 6.45) is 4.69. The van der Waals surface area contributed by atoms with Gasteiger partial charge in [0.15, 0.2) is 9.84 Å². The highest BCUT2D eigenvalue weighted by Gasteiger charge is 2.18. The van der Waals surface area contributed by atoms with Crippen LogP contribution in [0.3, 0.4) is 0 Å². The summed E-state index contributed by atoms with van der Waals surface area (Å²) in [7, 11) is -3.39. The number of aromatic nitrogens is 2. The molecule has 0 aliphatic carbocycles. The number of anilines is 1. The third-order valence-corrected chi connectivity index (χ3v) is 4.11. The van der Waals surface area contributed by atoms with E-state index < -0.39 is 9.84 Å². The molecule has 1 heterocycles. The number of sulfone groups is 1. The maximum absolute atomic E-state index is 11.9. The molecule has 2 rings (SSSR count). The van der Waals surface area contributed by atoms with Gasteiger partial charge >= 0.3 is 0 Å². The van der Waals surface area contributed by atoms with E-state index in [-0.39, 0.29) is 10.6 Å². The molecule has 0 amide bonds. The Morgan fingerprint density at radius 1 is 1.35 bits per heavy atom. The zero-order chi connectivity index (χ0) is 14.9. The van der Waals surface area contributed by atoms with E-state index in [0.29, 0.717) is 11.5 Å². The Morgan fingerprint density at radius 2 is 2.05 bits per heavy atom. The molecule has 0 saturated carbocycles.